The van der Waals surface area contributed by atoms with E-state index < -0.39 is 0 Å². The van der Waals surface area contributed by atoms with Crippen molar-refractivity contribution in [2.45, 2.75) is 38.3 Å². The highest BCUT2D eigenvalue weighted by Crippen LogP contribution is 2.27. The number of hydrogen-bond donors (Lipinski definition) is 2. The van der Waals surface area contributed by atoms with E-state index in [9.17, 15) is 9.50 Å². The van der Waals surface area contributed by atoms with Crippen molar-refractivity contribution < 1.29 is 9.50 Å². The molecule has 0 amide bonds. The zero-order chi connectivity index (χ0) is 13.1. The summed E-state index contributed by atoms with van der Waals surface area (Å²) in [6.07, 6.45) is 2.95. The lowest BCUT2D eigenvalue weighted by atomic mass is 10.0. The van der Waals surface area contributed by atoms with Gasteiger partial charge >= 0.3 is 0 Å². The molecule has 3 unspecified atom stereocenters. The molecule has 4 heteroatoms. The van der Waals surface area contributed by atoms with Gasteiger partial charge in [0.05, 0.1) is 6.10 Å². The minimum absolute atomic E-state index is 0.146. The molecule has 100 valence electrons. The average Bonchev–Trinajstić information content (AvgIpc) is 2.72. The smallest absolute Gasteiger partial charge is 0.124 e. The number of aliphatic hydroxyl groups excluding tert-OH is 1. The van der Waals surface area contributed by atoms with Crippen molar-refractivity contribution in [2.75, 3.05) is 6.54 Å². The summed E-state index contributed by atoms with van der Waals surface area (Å²) in [5.41, 5.74) is 1.05. The average molecular weight is 316 g/mol. The molecule has 0 bridgehead atoms. The lowest BCUT2D eigenvalue weighted by Gasteiger charge is -2.20. The summed E-state index contributed by atoms with van der Waals surface area (Å²) >= 11 is 3.38. The molecule has 2 nitrogen and oxygen atoms in total. The van der Waals surface area contributed by atoms with E-state index in [0.717, 1.165) is 35.8 Å². The molecule has 1 aromatic carbocycles. The zero-order valence-corrected chi connectivity index (χ0v) is 12.1. The van der Waals surface area contributed by atoms with Crippen LogP contribution in [0.5, 0.6) is 0 Å². The first kappa shape index (κ1) is 14.0. The van der Waals surface area contributed by atoms with Gasteiger partial charge in [-0.25, -0.2) is 4.39 Å². The van der Waals surface area contributed by atoms with Crippen LogP contribution in [0.4, 0.5) is 4.39 Å². The Morgan fingerprint density at radius 3 is 2.89 bits per heavy atom. The van der Waals surface area contributed by atoms with E-state index in [-0.39, 0.29) is 18.0 Å². The summed E-state index contributed by atoms with van der Waals surface area (Å²) < 4.78 is 13.8. The molecule has 3 atom stereocenters. The maximum Gasteiger partial charge on any atom is 0.124 e. The van der Waals surface area contributed by atoms with Crippen LogP contribution in [-0.2, 0) is 0 Å². The minimum Gasteiger partial charge on any atom is -0.393 e. The minimum atomic E-state index is -0.232. The van der Waals surface area contributed by atoms with Crippen LogP contribution >= 0.6 is 15.9 Å². The molecule has 2 rings (SSSR count). The van der Waals surface area contributed by atoms with Crippen molar-refractivity contribution in [3.8, 4) is 0 Å². The van der Waals surface area contributed by atoms with Gasteiger partial charge in [0.2, 0.25) is 0 Å². The second-order valence-electron chi connectivity index (χ2n) is 5.05. The second kappa shape index (κ2) is 6.13. The van der Waals surface area contributed by atoms with Crippen LogP contribution in [0.2, 0.25) is 0 Å². The monoisotopic (exact) mass is 315 g/mol. The summed E-state index contributed by atoms with van der Waals surface area (Å²) in [6.45, 7) is 2.87. The number of aliphatic hydroxyl groups is 1. The van der Waals surface area contributed by atoms with Crippen LogP contribution in [0.3, 0.4) is 0 Å². The van der Waals surface area contributed by atoms with Crippen LogP contribution in [0.25, 0.3) is 0 Å². The summed E-state index contributed by atoms with van der Waals surface area (Å²) in [6, 6.07) is 4.90. The molecule has 1 aliphatic carbocycles. The fourth-order valence-electron chi connectivity index (χ4n) is 2.55. The molecule has 0 spiro atoms. The van der Waals surface area contributed by atoms with Crippen LogP contribution in [0.1, 0.15) is 37.8 Å². The highest BCUT2D eigenvalue weighted by molar-refractivity contribution is 9.10. The largest absolute Gasteiger partial charge is 0.393 e. The lowest BCUT2D eigenvalue weighted by molar-refractivity contribution is 0.130. The standard InChI is InChI=1S/C14H19BrFNO/c1-9(12-6-5-11(16)7-13(12)15)17-8-10-3-2-4-14(10)18/h5-7,9-10,14,17-18H,2-4,8H2,1H3. The van der Waals surface area contributed by atoms with Gasteiger partial charge in [-0.1, -0.05) is 28.4 Å². The van der Waals surface area contributed by atoms with E-state index in [4.69, 9.17) is 0 Å². The molecular formula is C14H19BrFNO. The maximum atomic E-state index is 13.0. The molecule has 0 saturated heterocycles. The third-order valence-corrected chi connectivity index (χ3v) is 4.42. The van der Waals surface area contributed by atoms with Gasteiger partial charge < -0.3 is 10.4 Å². The Labute approximate surface area is 116 Å². The third-order valence-electron chi connectivity index (χ3n) is 3.73. The van der Waals surface area contributed by atoms with Gasteiger partial charge in [0, 0.05) is 17.1 Å². The molecular weight excluding hydrogens is 297 g/mol. The van der Waals surface area contributed by atoms with Crippen LogP contribution in [0, 0.1) is 11.7 Å². The lowest BCUT2D eigenvalue weighted by Crippen LogP contribution is -2.29. The molecule has 1 fully saturated rings. The Morgan fingerprint density at radius 1 is 1.50 bits per heavy atom. The molecule has 0 aliphatic heterocycles. The van der Waals surface area contributed by atoms with Crippen molar-refractivity contribution in [2.24, 2.45) is 5.92 Å². The fraction of sp³-hybridized carbons (Fsp3) is 0.571. The van der Waals surface area contributed by atoms with Gasteiger partial charge in [-0.3, -0.25) is 0 Å². The van der Waals surface area contributed by atoms with E-state index >= 15 is 0 Å². The third kappa shape index (κ3) is 3.31. The number of halogens is 2. The number of rotatable bonds is 4. The number of benzene rings is 1. The SMILES string of the molecule is CC(NCC1CCCC1O)c1ccc(F)cc1Br. The van der Waals surface area contributed by atoms with E-state index in [1.807, 2.05) is 0 Å². The summed E-state index contributed by atoms with van der Waals surface area (Å²) in [5.74, 6) is 0.121. The van der Waals surface area contributed by atoms with E-state index in [1.165, 1.54) is 12.1 Å². The molecule has 1 saturated carbocycles. The van der Waals surface area contributed by atoms with Gasteiger partial charge in [-0.05, 0) is 43.4 Å². The van der Waals surface area contributed by atoms with Gasteiger partial charge in [0.25, 0.3) is 0 Å². The summed E-state index contributed by atoms with van der Waals surface area (Å²) in [5, 5.41) is 13.2. The quantitative estimate of drug-likeness (QED) is 0.892. The van der Waals surface area contributed by atoms with Crippen molar-refractivity contribution in [1.82, 2.24) is 5.32 Å². The first-order valence-corrected chi connectivity index (χ1v) is 7.23. The van der Waals surface area contributed by atoms with Crippen LogP contribution < -0.4 is 5.32 Å². The Kier molecular flexibility index (Phi) is 4.76. The summed E-state index contributed by atoms with van der Waals surface area (Å²) in [4.78, 5) is 0. The van der Waals surface area contributed by atoms with Crippen molar-refractivity contribution in [3.63, 3.8) is 0 Å². The van der Waals surface area contributed by atoms with Crippen LogP contribution in [-0.4, -0.2) is 17.8 Å². The van der Waals surface area contributed by atoms with Crippen molar-refractivity contribution >= 4 is 15.9 Å². The van der Waals surface area contributed by atoms with Gasteiger partial charge in [0.15, 0.2) is 0 Å². The Bertz CT molecular complexity index is 413. The zero-order valence-electron chi connectivity index (χ0n) is 10.5. The molecule has 0 heterocycles. The Morgan fingerprint density at radius 2 is 2.28 bits per heavy atom. The Balaban J connectivity index is 1.93. The number of nitrogens with one attached hydrogen (secondary N) is 1. The maximum absolute atomic E-state index is 13.0. The molecule has 2 N–H and O–H groups in total. The van der Waals surface area contributed by atoms with E-state index in [2.05, 4.69) is 28.2 Å². The molecule has 0 radical (unpaired) electrons. The first-order valence-electron chi connectivity index (χ1n) is 6.44. The topological polar surface area (TPSA) is 32.3 Å². The van der Waals surface area contributed by atoms with E-state index in [0.29, 0.717) is 5.92 Å². The summed E-state index contributed by atoms with van der Waals surface area (Å²) in [7, 11) is 0. The van der Waals surface area contributed by atoms with Crippen molar-refractivity contribution in [3.05, 3.63) is 34.1 Å². The Hall–Kier alpha value is -0.450. The predicted octanol–water partition coefficient (Wildman–Crippen LogP) is 3.40. The first-order chi connectivity index (χ1) is 8.58. The fourth-order valence-corrected chi connectivity index (χ4v) is 3.24. The van der Waals surface area contributed by atoms with Gasteiger partial charge in [0.1, 0.15) is 5.82 Å². The molecule has 1 aromatic rings. The number of hydrogen-bond acceptors (Lipinski definition) is 2. The highest BCUT2D eigenvalue weighted by atomic mass is 79.9. The van der Waals surface area contributed by atoms with Gasteiger partial charge in [-0.15, -0.1) is 0 Å². The van der Waals surface area contributed by atoms with Crippen LogP contribution in [0.15, 0.2) is 22.7 Å². The molecule has 18 heavy (non-hydrogen) atoms. The highest BCUT2D eigenvalue weighted by Gasteiger charge is 2.25. The van der Waals surface area contributed by atoms with Gasteiger partial charge in [-0.2, -0.15) is 0 Å². The van der Waals surface area contributed by atoms with Crippen molar-refractivity contribution in [1.29, 1.82) is 0 Å². The molecule has 1 aliphatic rings. The normalized spacial score (nSPS) is 25.3. The predicted molar refractivity (Wildman–Crippen MR) is 73.9 cm³/mol. The molecule has 0 aromatic heterocycles. The van der Waals surface area contributed by atoms with E-state index in [1.54, 1.807) is 6.07 Å². The second-order valence-corrected chi connectivity index (χ2v) is 5.91.